The molecule has 5 nitrogen and oxygen atoms in total. The molecule has 0 spiro atoms. The van der Waals surface area contributed by atoms with E-state index in [1.165, 1.54) is 17.3 Å². The molecule has 7 heteroatoms. The number of aromatic nitrogens is 5. The number of aryl methyl sites for hydroxylation is 1. The van der Waals surface area contributed by atoms with E-state index in [4.69, 9.17) is 11.6 Å². The van der Waals surface area contributed by atoms with Gasteiger partial charge in [0.25, 0.3) is 0 Å². The van der Waals surface area contributed by atoms with Crippen molar-refractivity contribution in [2.45, 2.75) is 30.6 Å². The summed E-state index contributed by atoms with van der Waals surface area (Å²) in [4.78, 5) is 8.73. The van der Waals surface area contributed by atoms with Gasteiger partial charge >= 0.3 is 0 Å². The van der Waals surface area contributed by atoms with Crippen LogP contribution in [0.5, 0.6) is 0 Å². The predicted octanol–water partition coefficient (Wildman–Crippen LogP) is 5.02. The van der Waals surface area contributed by atoms with Crippen LogP contribution < -0.4 is 0 Å². The van der Waals surface area contributed by atoms with E-state index in [9.17, 15) is 0 Å². The van der Waals surface area contributed by atoms with Crippen molar-refractivity contribution < 1.29 is 0 Å². The Labute approximate surface area is 160 Å². The van der Waals surface area contributed by atoms with Crippen molar-refractivity contribution in [1.29, 1.82) is 0 Å². The summed E-state index contributed by atoms with van der Waals surface area (Å²) in [6.45, 7) is 4.94. The average molecular weight is 382 g/mol. The van der Waals surface area contributed by atoms with Crippen LogP contribution in [0.25, 0.3) is 22.3 Å². The minimum atomic E-state index is 0.658. The summed E-state index contributed by atoms with van der Waals surface area (Å²) >= 11 is 7.56. The molecule has 0 bridgehead atoms. The second kappa shape index (κ2) is 7.05. The molecule has 2 heterocycles. The lowest BCUT2D eigenvalue weighted by Gasteiger charge is -2.09. The lowest BCUT2D eigenvalue weighted by molar-refractivity contribution is 0.686. The van der Waals surface area contributed by atoms with Crippen LogP contribution in [0, 0.1) is 6.92 Å². The summed E-state index contributed by atoms with van der Waals surface area (Å²) in [6, 6.07) is 13.8. The zero-order valence-electron chi connectivity index (χ0n) is 14.3. The van der Waals surface area contributed by atoms with Gasteiger partial charge in [0.15, 0.2) is 11.0 Å². The van der Waals surface area contributed by atoms with Crippen molar-refractivity contribution in [3.63, 3.8) is 0 Å². The molecular formula is C19H16ClN5S. The highest BCUT2D eigenvalue weighted by molar-refractivity contribution is 7.99. The first-order valence-corrected chi connectivity index (χ1v) is 9.44. The summed E-state index contributed by atoms with van der Waals surface area (Å²) in [7, 11) is 0. The van der Waals surface area contributed by atoms with Gasteiger partial charge in [-0.25, -0.2) is 9.97 Å². The molecule has 4 aromatic rings. The molecule has 2 aromatic carbocycles. The molecule has 0 aliphatic rings. The van der Waals surface area contributed by atoms with Gasteiger partial charge in [0.05, 0.1) is 5.52 Å². The maximum atomic E-state index is 6.07. The van der Waals surface area contributed by atoms with E-state index in [-0.39, 0.29) is 0 Å². The molecule has 0 saturated carbocycles. The van der Waals surface area contributed by atoms with E-state index in [0.717, 1.165) is 39.0 Å². The van der Waals surface area contributed by atoms with Gasteiger partial charge in [-0.1, -0.05) is 35.9 Å². The third-order valence-corrected chi connectivity index (χ3v) is 5.41. The maximum absolute atomic E-state index is 6.07. The first-order valence-electron chi connectivity index (χ1n) is 8.24. The van der Waals surface area contributed by atoms with Crippen molar-refractivity contribution in [3.8, 4) is 11.4 Å². The Morgan fingerprint density at radius 2 is 1.92 bits per heavy atom. The van der Waals surface area contributed by atoms with Crippen molar-refractivity contribution in [1.82, 2.24) is 24.7 Å². The van der Waals surface area contributed by atoms with Crippen LogP contribution in [-0.4, -0.2) is 24.7 Å². The third-order valence-electron chi connectivity index (χ3n) is 4.17. The molecule has 0 atom stereocenters. The van der Waals surface area contributed by atoms with Gasteiger partial charge in [-0.3, -0.25) is 0 Å². The zero-order valence-corrected chi connectivity index (χ0v) is 15.9. The molecule has 0 amide bonds. The van der Waals surface area contributed by atoms with Crippen LogP contribution >= 0.6 is 23.4 Å². The standard InChI is InChI=1S/C19H16ClN5S/c1-3-25-17(14-7-5-4-6-12(14)2)23-24-19(25)26-18-15-9-8-13(20)10-16(15)21-11-22-18/h4-11H,3H2,1-2H3. The summed E-state index contributed by atoms with van der Waals surface area (Å²) in [5.41, 5.74) is 3.08. The highest BCUT2D eigenvalue weighted by Gasteiger charge is 2.17. The number of hydrogen-bond acceptors (Lipinski definition) is 5. The topological polar surface area (TPSA) is 56.5 Å². The molecule has 0 saturated heterocycles. The Bertz CT molecular complexity index is 1090. The lowest BCUT2D eigenvalue weighted by Crippen LogP contribution is -2.01. The Balaban J connectivity index is 1.78. The van der Waals surface area contributed by atoms with E-state index in [1.54, 1.807) is 6.33 Å². The first kappa shape index (κ1) is 17.0. The van der Waals surface area contributed by atoms with Crippen molar-refractivity contribution in [2.24, 2.45) is 0 Å². The summed E-state index contributed by atoms with van der Waals surface area (Å²) in [5.74, 6) is 0.870. The fourth-order valence-corrected chi connectivity index (χ4v) is 3.97. The van der Waals surface area contributed by atoms with E-state index < -0.39 is 0 Å². The second-order valence-corrected chi connectivity index (χ2v) is 7.20. The molecule has 0 radical (unpaired) electrons. The third kappa shape index (κ3) is 3.06. The minimum absolute atomic E-state index is 0.658. The van der Waals surface area contributed by atoms with Gasteiger partial charge in [0.2, 0.25) is 0 Å². The van der Waals surface area contributed by atoms with E-state index in [2.05, 4.69) is 50.7 Å². The highest BCUT2D eigenvalue weighted by atomic mass is 35.5. The molecule has 4 rings (SSSR count). The van der Waals surface area contributed by atoms with Crippen LogP contribution in [0.4, 0.5) is 0 Å². The summed E-state index contributed by atoms with van der Waals surface area (Å²) < 4.78 is 2.11. The first-order chi connectivity index (χ1) is 12.7. The normalized spacial score (nSPS) is 11.2. The molecule has 2 aromatic heterocycles. The zero-order chi connectivity index (χ0) is 18.1. The molecule has 26 heavy (non-hydrogen) atoms. The molecule has 0 fully saturated rings. The summed E-state index contributed by atoms with van der Waals surface area (Å²) in [5, 5.41) is 12.1. The molecule has 0 unspecified atom stereocenters. The van der Waals surface area contributed by atoms with Gasteiger partial charge in [-0.15, -0.1) is 10.2 Å². The van der Waals surface area contributed by atoms with E-state index in [0.29, 0.717) is 5.02 Å². The van der Waals surface area contributed by atoms with Crippen LogP contribution in [0.15, 0.2) is 59.0 Å². The van der Waals surface area contributed by atoms with Crippen LogP contribution in [0.2, 0.25) is 5.02 Å². The van der Waals surface area contributed by atoms with Crippen LogP contribution in [0.1, 0.15) is 12.5 Å². The number of hydrogen-bond donors (Lipinski definition) is 0. The van der Waals surface area contributed by atoms with Gasteiger partial charge in [0, 0.05) is 22.5 Å². The largest absolute Gasteiger partial charge is 0.302 e. The number of rotatable bonds is 4. The predicted molar refractivity (Wildman–Crippen MR) is 105 cm³/mol. The number of halogens is 1. The minimum Gasteiger partial charge on any atom is -0.302 e. The number of fused-ring (bicyclic) bond motifs is 1. The van der Waals surface area contributed by atoms with Crippen LogP contribution in [0.3, 0.4) is 0 Å². The smallest absolute Gasteiger partial charge is 0.197 e. The quantitative estimate of drug-likeness (QED) is 0.464. The fourth-order valence-electron chi connectivity index (χ4n) is 2.85. The Kier molecular flexibility index (Phi) is 4.61. The Hall–Kier alpha value is -2.44. The van der Waals surface area contributed by atoms with E-state index in [1.807, 2.05) is 30.3 Å². The van der Waals surface area contributed by atoms with Gasteiger partial charge in [-0.2, -0.15) is 0 Å². The monoisotopic (exact) mass is 381 g/mol. The Morgan fingerprint density at radius 1 is 1.08 bits per heavy atom. The maximum Gasteiger partial charge on any atom is 0.197 e. The lowest BCUT2D eigenvalue weighted by atomic mass is 10.1. The van der Waals surface area contributed by atoms with Gasteiger partial charge < -0.3 is 4.57 Å². The van der Waals surface area contributed by atoms with Crippen molar-refractivity contribution >= 4 is 34.3 Å². The average Bonchev–Trinajstić information content (AvgIpc) is 3.04. The molecule has 0 aliphatic heterocycles. The van der Waals surface area contributed by atoms with Crippen LogP contribution in [-0.2, 0) is 6.54 Å². The number of nitrogens with zero attached hydrogens (tertiary/aromatic N) is 5. The molecule has 130 valence electrons. The number of benzene rings is 2. The van der Waals surface area contributed by atoms with Crippen molar-refractivity contribution in [3.05, 3.63) is 59.4 Å². The van der Waals surface area contributed by atoms with E-state index >= 15 is 0 Å². The van der Waals surface area contributed by atoms with Gasteiger partial charge in [-0.05, 0) is 49.4 Å². The SMILES string of the molecule is CCn1c(Sc2ncnc3cc(Cl)ccc23)nnc1-c1ccccc1C. The Morgan fingerprint density at radius 3 is 2.73 bits per heavy atom. The highest BCUT2D eigenvalue weighted by Crippen LogP contribution is 2.33. The molecule has 0 aliphatic carbocycles. The van der Waals surface area contributed by atoms with Gasteiger partial charge in [0.1, 0.15) is 11.4 Å². The molecular weight excluding hydrogens is 366 g/mol. The second-order valence-electron chi connectivity index (χ2n) is 5.81. The fraction of sp³-hybridized carbons (Fsp3) is 0.158. The summed E-state index contributed by atoms with van der Waals surface area (Å²) in [6.07, 6.45) is 1.55. The van der Waals surface area contributed by atoms with Crippen molar-refractivity contribution in [2.75, 3.05) is 0 Å². The molecule has 0 N–H and O–H groups in total.